The highest BCUT2D eigenvalue weighted by atomic mass is 14.4. The monoisotopic (exact) mass is 138 g/mol. The summed E-state index contributed by atoms with van der Waals surface area (Å²) in [7, 11) is 0. The second-order valence-corrected chi connectivity index (χ2v) is 4.09. The van der Waals surface area contributed by atoms with Crippen molar-refractivity contribution in [2.75, 3.05) is 0 Å². The molecule has 0 heterocycles. The largest absolute Gasteiger partial charge is 0.0533 e. The molecular weight excluding hydrogens is 120 g/mol. The predicted molar refractivity (Wildman–Crippen MR) is 43.9 cm³/mol. The van der Waals surface area contributed by atoms with Crippen LogP contribution in [0.15, 0.2) is 0 Å². The van der Waals surface area contributed by atoms with Gasteiger partial charge in [0.15, 0.2) is 0 Å². The standard InChI is InChI=1S/C10H18/c1-2-4-6-10-8-7-9(10)5-3-1/h9-10H,1-8H2/t9-,10+. The Morgan fingerprint density at radius 3 is 1.40 bits per heavy atom. The average Bonchev–Trinajstić information content (AvgIpc) is 1.89. The van der Waals surface area contributed by atoms with Crippen molar-refractivity contribution < 1.29 is 0 Å². The van der Waals surface area contributed by atoms with Crippen LogP contribution in [-0.2, 0) is 0 Å². The fourth-order valence-electron chi connectivity index (χ4n) is 2.56. The normalized spacial score (nSPS) is 40.8. The zero-order chi connectivity index (χ0) is 6.81. The SMILES string of the molecule is C1CCC[C@H]2CC[C@H]2CC1. The first-order valence-electron chi connectivity index (χ1n) is 4.97. The molecule has 0 radical (unpaired) electrons. The molecule has 0 aromatic carbocycles. The number of rotatable bonds is 0. The van der Waals surface area contributed by atoms with Crippen molar-refractivity contribution in [1.29, 1.82) is 0 Å². The molecule has 0 N–H and O–H groups in total. The Balaban J connectivity index is 1.83. The van der Waals surface area contributed by atoms with Gasteiger partial charge in [0.2, 0.25) is 0 Å². The third-order valence-corrected chi connectivity index (χ3v) is 3.47. The zero-order valence-corrected chi connectivity index (χ0v) is 6.81. The van der Waals surface area contributed by atoms with Crippen LogP contribution in [0.3, 0.4) is 0 Å². The van der Waals surface area contributed by atoms with Gasteiger partial charge in [-0.15, -0.1) is 0 Å². The van der Waals surface area contributed by atoms with E-state index in [-0.39, 0.29) is 0 Å². The van der Waals surface area contributed by atoms with E-state index in [1.54, 1.807) is 25.7 Å². The van der Waals surface area contributed by atoms with Crippen molar-refractivity contribution in [2.45, 2.75) is 51.4 Å². The van der Waals surface area contributed by atoms with Crippen LogP contribution in [0.1, 0.15) is 51.4 Å². The minimum absolute atomic E-state index is 1.17. The van der Waals surface area contributed by atoms with Crippen LogP contribution < -0.4 is 0 Å². The maximum absolute atomic E-state index is 1.56. The van der Waals surface area contributed by atoms with E-state index in [1.165, 1.54) is 37.5 Å². The van der Waals surface area contributed by atoms with E-state index in [1.807, 2.05) is 0 Å². The molecule has 0 aromatic heterocycles. The van der Waals surface area contributed by atoms with E-state index < -0.39 is 0 Å². The van der Waals surface area contributed by atoms with E-state index in [0.717, 1.165) is 0 Å². The molecule has 0 bridgehead atoms. The molecule has 0 amide bonds. The predicted octanol–water partition coefficient (Wildman–Crippen LogP) is 3.37. The minimum Gasteiger partial charge on any atom is -0.0533 e. The molecule has 2 aliphatic carbocycles. The fraction of sp³-hybridized carbons (Fsp3) is 1.00. The maximum Gasteiger partial charge on any atom is -0.0386 e. The third kappa shape index (κ3) is 1.21. The number of hydrogen-bond acceptors (Lipinski definition) is 0. The molecule has 0 aromatic rings. The molecule has 2 atom stereocenters. The molecule has 0 spiro atoms. The molecule has 0 unspecified atom stereocenters. The lowest BCUT2D eigenvalue weighted by molar-refractivity contribution is 0.135. The Hall–Kier alpha value is 0. The van der Waals surface area contributed by atoms with Crippen molar-refractivity contribution in [3.63, 3.8) is 0 Å². The van der Waals surface area contributed by atoms with Gasteiger partial charge in [-0.2, -0.15) is 0 Å². The highest BCUT2D eigenvalue weighted by molar-refractivity contribution is 4.81. The van der Waals surface area contributed by atoms with Gasteiger partial charge in [-0.3, -0.25) is 0 Å². The first kappa shape index (κ1) is 6.69. The number of hydrogen-bond donors (Lipinski definition) is 0. The summed E-state index contributed by atoms with van der Waals surface area (Å²) < 4.78 is 0. The molecule has 10 heavy (non-hydrogen) atoms. The van der Waals surface area contributed by atoms with Gasteiger partial charge in [0, 0.05) is 0 Å². The Kier molecular flexibility index (Phi) is 1.97. The van der Waals surface area contributed by atoms with Crippen LogP contribution in [0, 0.1) is 11.8 Å². The third-order valence-electron chi connectivity index (χ3n) is 3.47. The van der Waals surface area contributed by atoms with E-state index in [0.29, 0.717) is 0 Å². The highest BCUT2D eigenvalue weighted by Gasteiger charge is 2.30. The van der Waals surface area contributed by atoms with Gasteiger partial charge < -0.3 is 0 Å². The van der Waals surface area contributed by atoms with E-state index in [2.05, 4.69) is 0 Å². The summed E-state index contributed by atoms with van der Waals surface area (Å²) in [4.78, 5) is 0. The van der Waals surface area contributed by atoms with Crippen LogP contribution in [-0.4, -0.2) is 0 Å². The van der Waals surface area contributed by atoms with Crippen molar-refractivity contribution in [3.8, 4) is 0 Å². The summed E-state index contributed by atoms with van der Waals surface area (Å²) in [6.07, 6.45) is 12.3. The van der Waals surface area contributed by atoms with Crippen LogP contribution in [0.2, 0.25) is 0 Å². The molecule has 0 aliphatic heterocycles. The molecule has 0 saturated heterocycles. The first-order chi connectivity index (χ1) is 4.97. The van der Waals surface area contributed by atoms with Gasteiger partial charge in [-0.25, -0.2) is 0 Å². The lowest BCUT2D eigenvalue weighted by Gasteiger charge is -2.38. The molecule has 58 valence electrons. The summed E-state index contributed by atoms with van der Waals surface area (Å²) in [5, 5.41) is 0. The average molecular weight is 138 g/mol. The van der Waals surface area contributed by atoms with Crippen molar-refractivity contribution in [1.82, 2.24) is 0 Å². The quantitative estimate of drug-likeness (QED) is 0.481. The molecular formula is C10H18. The Labute approximate surface area is 64.0 Å². The fourth-order valence-corrected chi connectivity index (χ4v) is 2.56. The second kappa shape index (κ2) is 2.94. The molecule has 0 nitrogen and oxygen atoms in total. The van der Waals surface area contributed by atoms with Crippen LogP contribution in [0.25, 0.3) is 0 Å². The molecule has 2 rings (SSSR count). The maximum atomic E-state index is 1.56. The summed E-state index contributed by atoms with van der Waals surface area (Å²) >= 11 is 0. The Morgan fingerprint density at radius 2 is 1.00 bits per heavy atom. The van der Waals surface area contributed by atoms with Gasteiger partial charge in [0.25, 0.3) is 0 Å². The zero-order valence-electron chi connectivity index (χ0n) is 6.81. The van der Waals surface area contributed by atoms with E-state index in [9.17, 15) is 0 Å². The van der Waals surface area contributed by atoms with E-state index >= 15 is 0 Å². The lowest BCUT2D eigenvalue weighted by atomic mass is 9.68. The molecule has 2 fully saturated rings. The van der Waals surface area contributed by atoms with Gasteiger partial charge in [-0.05, 0) is 24.7 Å². The van der Waals surface area contributed by atoms with Gasteiger partial charge in [0.1, 0.15) is 0 Å². The number of fused-ring (bicyclic) bond motifs is 1. The smallest absolute Gasteiger partial charge is 0.0386 e. The van der Waals surface area contributed by atoms with Crippen molar-refractivity contribution in [2.24, 2.45) is 11.8 Å². The summed E-state index contributed by atoms with van der Waals surface area (Å²) in [5.41, 5.74) is 0. The molecule has 0 heteroatoms. The summed E-state index contributed by atoms with van der Waals surface area (Å²) in [6, 6.07) is 0. The minimum atomic E-state index is 1.17. The Morgan fingerprint density at radius 1 is 0.500 bits per heavy atom. The van der Waals surface area contributed by atoms with Crippen LogP contribution in [0.5, 0.6) is 0 Å². The van der Waals surface area contributed by atoms with Crippen molar-refractivity contribution >= 4 is 0 Å². The van der Waals surface area contributed by atoms with Gasteiger partial charge in [-0.1, -0.05) is 38.5 Å². The van der Waals surface area contributed by atoms with Crippen LogP contribution >= 0.6 is 0 Å². The molecule has 2 aliphatic rings. The van der Waals surface area contributed by atoms with Gasteiger partial charge in [0.05, 0.1) is 0 Å². The highest BCUT2D eigenvalue weighted by Crippen LogP contribution is 2.42. The van der Waals surface area contributed by atoms with Crippen molar-refractivity contribution in [3.05, 3.63) is 0 Å². The second-order valence-electron chi connectivity index (χ2n) is 4.09. The van der Waals surface area contributed by atoms with E-state index in [4.69, 9.17) is 0 Å². The van der Waals surface area contributed by atoms with Gasteiger partial charge >= 0.3 is 0 Å². The summed E-state index contributed by atoms with van der Waals surface area (Å²) in [6.45, 7) is 0. The molecule has 2 saturated carbocycles. The Bertz CT molecular complexity index is 92.6. The lowest BCUT2D eigenvalue weighted by Crippen LogP contribution is -2.26. The van der Waals surface area contributed by atoms with Crippen LogP contribution in [0.4, 0.5) is 0 Å². The summed E-state index contributed by atoms with van der Waals surface area (Å²) in [5.74, 6) is 2.33. The topological polar surface area (TPSA) is 0 Å². The first-order valence-corrected chi connectivity index (χ1v) is 4.97.